The van der Waals surface area contributed by atoms with Crippen LogP contribution in [0, 0.1) is 18.3 Å². The molecule has 2 rings (SSSR count). The van der Waals surface area contributed by atoms with Crippen LogP contribution in [0.4, 0.5) is 5.69 Å². The van der Waals surface area contributed by atoms with Crippen molar-refractivity contribution in [1.82, 2.24) is 0 Å². The molecule has 90 valence electrons. The van der Waals surface area contributed by atoms with Gasteiger partial charge in [-0.15, -0.1) is 0 Å². The number of anilines is 1. The van der Waals surface area contributed by atoms with Gasteiger partial charge in [-0.2, -0.15) is 5.26 Å². The van der Waals surface area contributed by atoms with Gasteiger partial charge in [-0.1, -0.05) is 18.9 Å². The molecule has 3 heteroatoms. The van der Waals surface area contributed by atoms with Crippen molar-refractivity contribution in [3.63, 3.8) is 0 Å². The summed E-state index contributed by atoms with van der Waals surface area (Å²) in [6.45, 7) is 2.03. The number of aryl methyl sites for hydroxylation is 1. The summed E-state index contributed by atoms with van der Waals surface area (Å²) in [5.41, 5.74) is 8.90. The predicted molar refractivity (Wildman–Crippen MR) is 69.7 cm³/mol. The van der Waals surface area contributed by atoms with Gasteiger partial charge < -0.3 is 11.1 Å². The molecule has 0 spiro atoms. The van der Waals surface area contributed by atoms with Gasteiger partial charge in [0, 0.05) is 12.1 Å². The van der Waals surface area contributed by atoms with E-state index in [4.69, 9.17) is 11.0 Å². The SMILES string of the molecule is Cc1ccc(C#N)c(NC2CCCCC2N)c1. The molecule has 1 aliphatic carbocycles. The van der Waals surface area contributed by atoms with Gasteiger partial charge in [-0.05, 0) is 37.5 Å². The number of nitrogens with two attached hydrogens (primary N) is 1. The molecule has 0 aliphatic heterocycles. The Morgan fingerprint density at radius 3 is 2.82 bits per heavy atom. The van der Waals surface area contributed by atoms with E-state index in [1.807, 2.05) is 25.1 Å². The summed E-state index contributed by atoms with van der Waals surface area (Å²) >= 11 is 0. The topological polar surface area (TPSA) is 61.8 Å². The maximum Gasteiger partial charge on any atom is 0.101 e. The van der Waals surface area contributed by atoms with Crippen LogP contribution >= 0.6 is 0 Å². The van der Waals surface area contributed by atoms with Gasteiger partial charge in [-0.3, -0.25) is 0 Å². The molecule has 1 aliphatic rings. The zero-order valence-electron chi connectivity index (χ0n) is 10.2. The summed E-state index contributed by atoms with van der Waals surface area (Å²) in [4.78, 5) is 0. The second-order valence-electron chi connectivity index (χ2n) is 4.86. The summed E-state index contributed by atoms with van der Waals surface area (Å²) in [5, 5.41) is 12.5. The number of nitrogens with one attached hydrogen (secondary N) is 1. The first-order chi connectivity index (χ1) is 8.20. The van der Waals surface area contributed by atoms with E-state index < -0.39 is 0 Å². The van der Waals surface area contributed by atoms with E-state index in [2.05, 4.69) is 11.4 Å². The van der Waals surface area contributed by atoms with Crippen LogP contribution in [0.5, 0.6) is 0 Å². The largest absolute Gasteiger partial charge is 0.380 e. The van der Waals surface area contributed by atoms with E-state index in [1.165, 1.54) is 12.8 Å². The molecule has 2 unspecified atom stereocenters. The van der Waals surface area contributed by atoms with Crippen LogP contribution in [0.2, 0.25) is 0 Å². The van der Waals surface area contributed by atoms with Gasteiger partial charge in [0.05, 0.1) is 11.3 Å². The van der Waals surface area contributed by atoms with Crippen LogP contribution < -0.4 is 11.1 Å². The van der Waals surface area contributed by atoms with Crippen LogP contribution in [0.1, 0.15) is 36.8 Å². The molecule has 0 radical (unpaired) electrons. The van der Waals surface area contributed by atoms with Gasteiger partial charge in [0.15, 0.2) is 0 Å². The average molecular weight is 229 g/mol. The Morgan fingerprint density at radius 2 is 2.12 bits per heavy atom. The molecule has 1 fully saturated rings. The second-order valence-corrected chi connectivity index (χ2v) is 4.86. The van der Waals surface area contributed by atoms with Gasteiger partial charge >= 0.3 is 0 Å². The lowest BCUT2D eigenvalue weighted by Crippen LogP contribution is -2.42. The molecule has 17 heavy (non-hydrogen) atoms. The zero-order chi connectivity index (χ0) is 12.3. The summed E-state index contributed by atoms with van der Waals surface area (Å²) in [6.07, 6.45) is 4.61. The highest BCUT2D eigenvalue weighted by Crippen LogP contribution is 2.23. The van der Waals surface area contributed by atoms with Gasteiger partial charge in [0.1, 0.15) is 6.07 Å². The normalized spacial score (nSPS) is 24.1. The average Bonchev–Trinajstić information content (AvgIpc) is 2.32. The summed E-state index contributed by atoms with van der Waals surface area (Å²) in [7, 11) is 0. The Morgan fingerprint density at radius 1 is 1.35 bits per heavy atom. The highest BCUT2D eigenvalue weighted by atomic mass is 15.0. The Balaban J connectivity index is 2.17. The van der Waals surface area contributed by atoms with Crippen LogP contribution in [-0.2, 0) is 0 Å². The third-order valence-electron chi connectivity index (χ3n) is 3.46. The first-order valence-electron chi connectivity index (χ1n) is 6.23. The molecular weight excluding hydrogens is 210 g/mol. The summed E-state index contributed by atoms with van der Waals surface area (Å²) < 4.78 is 0. The third-order valence-corrected chi connectivity index (χ3v) is 3.46. The van der Waals surface area contributed by atoms with E-state index >= 15 is 0 Å². The van der Waals surface area contributed by atoms with E-state index in [0.29, 0.717) is 11.6 Å². The number of benzene rings is 1. The molecule has 0 saturated heterocycles. The lowest BCUT2D eigenvalue weighted by molar-refractivity contribution is 0.404. The minimum Gasteiger partial charge on any atom is -0.380 e. The maximum absolute atomic E-state index is 9.08. The molecule has 1 saturated carbocycles. The number of hydrogen-bond donors (Lipinski definition) is 2. The van der Waals surface area contributed by atoms with Crippen molar-refractivity contribution in [2.24, 2.45) is 5.73 Å². The van der Waals surface area contributed by atoms with Crippen molar-refractivity contribution in [2.45, 2.75) is 44.7 Å². The summed E-state index contributed by atoms with van der Waals surface area (Å²) in [5.74, 6) is 0. The molecule has 3 nitrogen and oxygen atoms in total. The molecule has 0 heterocycles. The molecular formula is C14H19N3. The Hall–Kier alpha value is -1.53. The van der Waals surface area contributed by atoms with Crippen molar-refractivity contribution in [2.75, 3.05) is 5.32 Å². The number of hydrogen-bond acceptors (Lipinski definition) is 3. The van der Waals surface area contributed by atoms with Crippen molar-refractivity contribution >= 4 is 5.69 Å². The first kappa shape index (κ1) is 11.9. The quantitative estimate of drug-likeness (QED) is 0.819. The lowest BCUT2D eigenvalue weighted by Gasteiger charge is -2.30. The first-order valence-corrected chi connectivity index (χ1v) is 6.23. The van der Waals surface area contributed by atoms with Crippen molar-refractivity contribution in [3.8, 4) is 6.07 Å². The van der Waals surface area contributed by atoms with E-state index in [0.717, 1.165) is 24.1 Å². The molecule has 2 atom stereocenters. The van der Waals surface area contributed by atoms with Gasteiger partial charge in [0.2, 0.25) is 0 Å². The third kappa shape index (κ3) is 2.78. The molecule has 3 N–H and O–H groups in total. The van der Waals surface area contributed by atoms with Crippen molar-refractivity contribution < 1.29 is 0 Å². The van der Waals surface area contributed by atoms with Crippen molar-refractivity contribution in [1.29, 1.82) is 5.26 Å². The lowest BCUT2D eigenvalue weighted by atomic mass is 9.90. The maximum atomic E-state index is 9.08. The minimum absolute atomic E-state index is 0.204. The smallest absolute Gasteiger partial charge is 0.101 e. The molecule has 0 aromatic heterocycles. The van der Waals surface area contributed by atoms with Gasteiger partial charge in [0.25, 0.3) is 0 Å². The van der Waals surface area contributed by atoms with Crippen molar-refractivity contribution in [3.05, 3.63) is 29.3 Å². The summed E-state index contributed by atoms with van der Waals surface area (Å²) in [6, 6.07) is 8.59. The monoisotopic (exact) mass is 229 g/mol. The highest BCUT2D eigenvalue weighted by Gasteiger charge is 2.22. The van der Waals surface area contributed by atoms with E-state index in [1.54, 1.807) is 0 Å². The standard InChI is InChI=1S/C14H19N3/c1-10-6-7-11(9-15)14(8-10)17-13-5-3-2-4-12(13)16/h6-8,12-13,17H,2-5,16H2,1H3. The van der Waals surface area contributed by atoms with Gasteiger partial charge in [-0.25, -0.2) is 0 Å². The van der Waals surface area contributed by atoms with Crippen LogP contribution in [0.15, 0.2) is 18.2 Å². The molecule has 1 aromatic carbocycles. The van der Waals surface area contributed by atoms with Crippen LogP contribution in [0.3, 0.4) is 0 Å². The number of rotatable bonds is 2. The van der Waals surface area contributed by atoms with E-state index in [-0.39, 0.29) is 6.04 Å². The fraction of sp³-hybridized carbons (Fsp3) is 0.500. The van der Waals surface area contributed by atoms with Crippen LogP contribution in [0.25, 0.3) is 0 Å². The second kappa shape index (κ2) is 5.20. The fourth-order valence-electron chi connectivity index (χ4n) is 2.41. The minimum atomic E-state index is 0.204. The predicted octanol–water partition coefficient (Wildman–Crippen LogP) is 2.55. The Labute approximate surface area is 103 Å². The van der Waals surface area contributed by atoms with Crippen LogP contribution in [-0.4, -0.2) is 12.1 Å². The Kier molecular flexibility index (Phi) is 3.65. The highest BCUT2D eigenvalue weighted by molar-refractivity contribution is 5.59. The number of nitrogens with zero attached hydrogens (tertiary/aromatic N) is 1. The molecule has 1 aromatic rings. The molecule has 0 amide bonds. The fourth-order valence-corrected chi connectivity index (χ4v) is 2.41. The number of nitriles is 1. The molecule has 0 bridgehead atoms. The zero-order valence-corrected chi connectivity index (χ0v) is 10.2. The Bertz CT molecular complexity index is 434. The van der Waals surface area contributed by atoms with E-state index in [9.17, 15) is 0 Å².